The molecule has 0 atom stereocenters. The van der Waals surface area contributed by atoms with Crippen LogP contribution in [0.15, 0.2) is 146 Å². The Hall–Kier alpha value is -6.31. The van der Waals surface area contributed by atoms with Crippen LogP contribution in [-0.4, -0.2) is 14.4 Å². The topological polar surface area (TPSA) is 54.0 Å². The van der Waals surface area contributed by atoms with Gasteiger partial charge in [-0.15, -0.1) is 0 Å². The van der Waals surface area contributed by atoms with Gasteiger partial charge in [-0.1, -0.05) is 103 Å². The molecule has 45 heavy (non-hydrogen) atoms. The first-order chi connectivity index (χ1) is 22.3. The van der Waals surface area contributed by atoms with Gasteiger partial charge in [0.05, 0.1) is 28.2 Å². The van der Waals surface area contributed by atoms with E-state index in [-0.39, 0.29) is 0 Å². The van der Waals surface area contributed by atoms with E-state index < -0.39 is 0 Å². The van der Waals surface area contributed by atoms with Gasteiger partial charge in [-0.05, 0) is 86.3 Å². The van der Waals surface area contributed by atoms with E-state index in [1.165, 1.54) is 32.7 Å². The van der Waals surface area contributed by atoms with Gasteiger partial charge in [0.15, 0.2) is 0 Å². The molecule has 0 N–H and O–H groups in total. The summed E-state index contributed by atoms with van der Waals surface area (Å²) in [6, 6.07) is 52.6. The summed E-state index contributed by atoms with van der Waals surface area (Å²) in [5.41, 5.74) is 10.1. The van der Waals surface area contributed by atoms with E-state index >= 15 is 0 Å². The van der Waals surface area contributed by atoms with Crippen LogP contribution in [0.3, 0.4) is 0 Å². The van der Waals surface area contributed by atoms with Crippen LogP contribution in [-0.2, 0) is 0 Å². The number of imidazole rings is 1. The van der Waals surface area contributed by atoms with E-state index in [1.807, 2.05) is 30.3 Å². The Morgan fingerprint density at radius 1 is 0.467 bits per heavy atom. The summed E-state index contributed by atoms with van der Waals surface area (Å²) < 4.78 is 2.20. The van der Waals surface area contributed by atoms with Gasteiger partial charge >= 0.3 is 0 Å². The molecule has 0 saturated heterocycles. The molecule has 0 amide bonds. The molecular weight excluding hydrogens is 548 g/mol. The number of nitrogens with zero attached hydrogens (tertiary/aromatic N) is 4. The Labute approximate surface area is 259 Å². The Balaban J connectivity index is 1.34. The monoisotopic (exact) mass is 572 g/mol. The highest BCUT2D eigenvalue weighted by molar-refractivity contribution is 6.21. The number of aromatic nitrogens is 3. The molecule has 0 bridgehead atoms. The maximum atomic E-state index is 9.40. The van der Waals surface area contributed by atoms with Gasteiger partial charge in [-0.25, -0.2) is 9.97 Å². The van der Waals surface area contributed by atoms with Crippen molar-refractivity contribution < 1.29 is 0 Å². The lowest BCUT2D eigenvalue weighted by atomic mass is 9.85. The fraction of sp³-hybridized carbons (Fsp3) is 0. The number of benzene rings is 7. The number of nitriles is 1. The minimum Gasteiger partial charge on any atom is -0.276 e. The highest BCUT2D eigenvalue weighted by Crippen LogP contribution is 2.44. The summed E-state index contributed by atoms with van der Waals surface area (Å²) in [6.45, 7) is 0. The first-order valence-corrected chi connectivity index (χ1v) is 15.0. The number of rotatable bonds is 3. The molecule has 0 spiro atoms. The third kappa shape index (κ3) is 3.85. The van der Waals surface area contributed by atoms with Crippen molar-refractivity contribution in [1.82, 2.24) is 14.4 Å². The Morgan fingerprint density at radius 2 is 1.02 bits per heavy atom. The lowest BCUT2D eigenvalue weighted by Crippen LogP contribution is -1.98. The molecule has 0 unspecified atom stereocenters. The molecule has 208 valence electrons. The zero-order chi connectivity index (χ0) is 29.9. The van der Waals surface area contributed by atoms with Crippen molar-refractivity contribution in [3.8, 4) is 39.7 Å². The summed E-state index contributed by atoms with van der Waals surface area (Å²) in [7, 11) is 0. The van der Waals surface area contributed by atoms with Gasteiger partial charge in [-0.2, -0.15) is 5.26 Å². The van der Waals surface area contributed by atoms with E-state index in [4.69, 9.17) is 9.97 Å². The van der Waals surface area contributed by atoms with Gasteiger partial charge in [-0.3, -0.25) is 4.40 Å². The fourth-order valence-corrected chi connectivity index (χ4v) is 6.81. The molecule has 7 aromatic carbocycles. The second-order valence-electron chi connectivity index (χ2n) is 11.3. The number of hydrogen-bond acceptors (Lipinski definition) is 3. The van der Waals surface area contributed by atoms with Crippen molar-refractivity contribution in [1.29, 1.82) is 5.26 Å². The van der Waals surface area contributed by atoms with Crippen LogP contribution in [0.5, 0.6) is 0 Å². The van der Waals surface area contributed by atoms with E-state index in [0.29, 0.717) is 5.56 Å². The predicted molar refractivity (Wildman–Crippen MR) is 184 cm³/mol. The van der Waals surface area contributed by atoms with E-state index in [9.17, 15) is 5.26 Å². The Morgan fingerprint density at radius 3 is 1.69 bits per heavy atom. The zero-order valence-corrected chi connectivity index (χ0v) is 24.1. The lowest BCUT2D eigenvalue weighted by molar-refractivity contribution is 1.16. The second-order valence-corrected chi connectivity index (χ2v) is 11.3. The summed E-state index contributed by atoms with van der Waals surface area (Å²) in [5, 5.41) is 15.1. The smallest absolute Gasteiger partial charge is 0.149 e. The molecule has 0 aliphatic rings. The van der Waals surface area contributed by atoms with Crippen LogP contribution >= 0.6 is 0 Å². The Kier molecular flexibility index (Phi) is 5.53. The summed E-state index contributed by atoms with van der Waals surface area (Å²) in [5.74, 6) is 0.863. The summed E-state index contributed by atoms with van der Waals surface area (Å²) in [6.07, 6.45) is 0. The standard InChI is InChI=1S/C41H24N4/c42-25-26-20-22-27(23-21-26)38-30-12-1-3-14-32(30)39(33-15-4-2-13-31(33)38)28-10-9-11-29(24-28)40-43-35-17-6-5-16-34(35)41-44-36-18-7-8-19-37(36)45(40)41/h1-24H. The number of para-hydroxylation sites is 3. The van der Waals surface area contributed by atoms with Gasteiger partial charge in [0, 0.05) is 10.9 Å². The normalized spacial score (nSPS) is 11.5. The van der Waals surface area contributed by atoms with Crippen molar-refractivity contribution >= 4 is 49.1 Å². The molecule has 2 heterocycles. The second kappa shape index (κ2) is 9.87. The lowest BCUT2D eigenvalue weighted by Gasteiger charge is -2.18. The van der Waals surface area contributed by atoms with Crippen molar-refractivity contribution in [3.63, 3.8) is 0 Å². The first-order valence-electron chi connectivity index (χ1n) is 15.0. The van der Waals surface area contributed by atoms with Crippen molar-refractivity contribution in [2.45, 2.75) is 0 Å². The van der Waals surface area contributed by atoms with Crippen LogP contribution in [0.4, 0.5) is 0 Å². The summed E-state index contributed by atoms with van der Waals surface area (Å²) in [4.78, 5) is 10.3. The largest absolute Gasteiger partial charge is 0.276 e. The van der Waals surface area contributed by atoms with E-state index in [0.717, 1.165) is 50.1 Å². The SMILES string of the molecule is N#Cc1ccc(-c2c3ccccc3c(-c3cccc(-c4nc5ccccc5c5nc6ccccc6n45)c3)c3ccccc23)cc1. The maximum Gasteiger partial charge on any atom is 0.149 e. The van der Waals surface area contributed by atoms with Crippen molar-refractivity contribution in [2.24, 2.45) is 0 Å². The van der Waals surface area contributed by atoms with Crippen LogP contribution < -0.4 is 0 Å². The van der Waals surface area contributed by atoms with Crippen LogP contribution in [0, 0.1) is 11.3 Å². The minimum absolute atomic E-state index is 0.655. The van der Waals surface area contributed by atoms with Crippen molar-refractivity contribution in [2.75, 3.05) is 0 Å². The van der Waals surface area contributed by atoms with Gasteiger partial charge in [0.25, 0.3) is 0 Å². The fourth-order valence-electron chi connectivity index (χ4n) is 6.81. The molecule has 9 aromatic rings. The molecule has 4 heteroatoms. The highest BCUT2D eigenvalue weighted by Gasteiger charge is 2.19. The van der Waals surface area contributed by atoms with Crippen molar-refractivity contribution in [3.05, 3.63) is 151 Å². The quantitative estimate of drug-likeness (QED) is 0.198. The van der Waals surface area contributed by atoms with E-state index in [2.05, 4.69) is 126 Å². The minimum atomic E-state index is 0.655. The summed E-state index contributed by atoms with van der Waals surface area (Å²) >= 11 is 0. The molecule has 0 fully saturated rings. The molecule has 4 nitrogen and oxygen atoms in total. The number of hydrogen-bond donors (Lipinski definition) is 0. The van der Waals surface area contributed by atoms with Gasteiger partial charge < -0.3 is 0 Å². The Bertz CT molecular complexity index is 2600. The average Bonchev–Trinajstić information content (AvgIpc) is 3.50. The average molecular weight is 573 g/mol. The molecule has 0 radical (unpaired) electrons. The molecule has 2 aromatic heterocycles. The third-order valence-corrected chi connectivity index (χ3v) is 8.79. The molecular formula is C41H24N4. The maximum absolute atomic E-state index is 9.40. The predicted octanol–water partition coefficient (Wildman–Crippen LogP) is 10.2. The van der Waals surface area contributed by atoms with Crippen LogP contribution in [0.2, 0.25) is 0 Å². The van der Waals surface area contributed by atoms with E-state index in [1.54, 1.807) is 0 Å². The molecule has 9 rings (SSSR count). The number of fused-ring (bicyclic) bond motifs is 7. The van der Waals surface area contributed by atoms with Crippen LogP contribution in [0.25, 0.3) is 82.8 Å². The van der Waals surface area contributed by atoms with Gasteiger partial charge in [0.1, 0.15) is 11.5 Å². The zero-order valence-electron chi connectivity index (χ0n) is 24.1. The van der Waals surface area contributed by atoms with Gasteiger partial charge in [0.2, 0.25) is 0 Å². The third-order valence-electron chi connectivity index (χ3n) is 8.79. The first kappa shape index (κ1) is 25.2. The molecule has 0 saturated carbocycles. The highest BCUT2D eigenvalue weighted by atomic mass is 15.1. The van der Waals surface area contributed by atoms with Crippen LogP contribution in [0.1, 0.15) is 5.56 Å². The molecule has 0 aliphatic heterocycles. The molecule has 0 aliphatic carbocycles.